The summed E-state index contributed by atoms with van der Waals surface area (Å²) in [6.45, 7) is 2.99. The number of nitrogens with zero attached hydrogens (tertiary/aromatic N) is 2. The summed E-state index contributed by atoms with van der Waals surface area (Å²) in [5.41, 5.74) is 0.898. The first-order valence-electron chi connectivity index (χ1n) is 6.40. The number of hydrogen-bond acceptors (Lipinski definition) is 3. The smallest absolute Gasteiger partial charge is 0.0958 e. The van der Waals surface area contributed by atoms with Crippen molar-refractivity contribution in [2.45, 2.75) is 18.6 Å². The lowest BCUT2D eigenvalue weighted by atomic mass is 10.0. The Balaban J connectivity index is 2.17. The highest BCUT2D eigenvalue weighted by molar-refractivity contribution is 6.30. The van der Waals surface area contributed by atoms with Crippen LogP contribution in [0.15, 0.2) is 24.3 Å². The SMILES string of the molecule is CN1CCCN(C)C(C(O)c2cccc(Cl)c2)C1. The van der Waals surface area contributed by atoms with Crippen LogP contribution < -0.4 is 0 Å². The van der Waals surface area contributed by atoms with Gasteiger partial charge >= 0.3 is 0 Å². The van der Waals surface area contributed by atoms with E-state index in [4.69, 9.17) is 11.6 Å². The van der Waals surface area contributed by atoms with E-state index in [9.17, 15) is 5.11 Å². The highest BCUT2D eigenvalue weighted by atomic mass is 35.5. The van der Waals surface area contributed by atoms with Crippen LogP contribution >= 0.6 is 11.6 Å². The molecular weight excluding hydrogens is 248 g/mol. The van der Waals surface area contributed by atoms with Gasteiger partial charge in [-0.1, -0.05) is 23.7 Å². The van der Waals surface area contributed by atoms with Gasteiger partial charge in [-0.05, 0) is 51.3 Å². The number of rotatable bonds is 2. The first-order valence-corrected chi connectivity index (χ1v) is 6.78. The van der Waals surface area contributed by atoms with Gasteiger partial charge in [0.2, 0.25) is 0 Å². The molecular formula is C14H21ClN2O. The predicted octanol–water partition coefficient (Wildman–Crippen LogP) is 2.01. The van der Waals surface area contributed by atoms with Gasteiger partial charge in [0, 0.05) is 11.6 Å². The normalized spacial score (nSPS) is 24.8. The van der Waals surface area contributed by atoms with Crippen molar-refractivity contribution in [3.8, 4) is 0 Å². The molecule has 0 amide bonds. The molecule has 1 aliphatic rings. The van der Waals surface area contributed by atoms with Gasteiger partial charge in [0.05, 0.1) is 12.1 Å². The van der Waals surface area contributed by atoms with Crippen molar-refractivity contribution >= 4 is 11.6 Å². The van der Waals surface area contributed by atoms with Gasteiger partial charge in [-0.3, -0.25) is 4.90 Å². The molecule has 1 heterocycles. The Morgan fingerprint density at radius 1 is 1.33 bits per heavy atom. The zero-order chi connectivity index (χ0) is 13.1. The second-order valence-corrected chi connectivity index (χ2v) is 5.60. The second-order valence-electron chi connectivity index (χ2n) is 5.16. The maximum atomic E-state index is 10.6. The Hall–Kier alpha value is -0.610. The largest absolute Gasteiger partial charge is 0.387 e. The number of halogens is 1. The topological polar surface area (TPSA) is 26.7 Å². The molecule has 4 heteroatoms. The van der Waals surface area contributed by atoms with E-state index in [1.807, 2.05) is 24.3 Å². The molecule has 0 aromatic heterocycles. The highest BCUT2D eigenvalue weighted by Crippen LogP contribution is 2.24. The number of hydrogen-bond donors (Lipinski definition) is 1. The van der Waals surface area contributed by atoms with Crippen LogP contribution in [0.25, 0.3) is 0 Å². The fourth-order valence-corrected chi connectivity index (χ4v) is 2.76. The molecule has 18 heavy (non-hydrogen) atoms. The lowest BCUT2D eigenvalue weighted by Gasteiger charge is -2.31. The van der Waals surface area contributed by atoms with Crippen LogP contribution in [0.2, 0.25) is 5.02 Å². The second kappa shape index (κ2) is 6.02. The van der Waals surface area contributed by atoms with Crippen LogP contribution in [0.5, 0.6) is 0 Å². The van der Waals surface area contributed by atoms with E-state index in [0.29, 0.717) is 5.02 Å². The minimum absolute atomic E-state index is 0.121. The van der Waals surface area contributed by atoms with Crippen molar-refractivity contribution in [3.63, 3.8) is 0 Å². The van der Waals surface area contributed by atoms with E-state index in [2.05, 4.69) is 23.9 Å². The molecule has 0 saturated carbocycles. The van der Waals surface area contributed by atoms with Gasteiger partial charge in [0.25, 0.3) is 0 Å². The Morgan fingerprint density at radius 3 is 2.83 bits per heavy atom. The number of aliphatic hydroxyl groups is 1. The van der Waals surface area contributed by atoms with E-state index in [1.54, 1.807) is 0 Å². The standard InChI is InChI=1S/C14H21ClN2O/c1-16-7-4-8-17(2)13(10-16)14(18)11-5-3-6-12(15)9-11/h3,5-6,9,13-14,18H,4,7-8,10H2,1-2H3. The van der Waals surface area contributed by atoms with Crippen molar-refractivity contribution in [1.82, 2.24) is 9.80 Å². The lowest BCUT2D eigenvalue weighted by Crippen LogP contribution is -2.42. The molecule has 1 aliphatic heterocycles. The third-order valence-electron chi connectivity index (χ3n) is 3.67. The predicted molar refractivity (Wildman–Crippen MR) is 74.9 cm³/mol. The summed E-state index contributed by atoms with van der Waals surface area (Å²) in [6.07, 6.45) is 0.653. The van der Waals surface area contributed by atoms with Gasteiger partial charge in [-0.25, -0.2) is 0 Å². The zero-order valence-electron chi connectivity index (χ0n) is 11.0. The van der Waals surface area contributed by atoms with Crippen molar-refractivity contribution in [1.29, 1.82) is 0 Å². The van der Waals surface area contributed by atoms with Crippen LogP contribution in [0.1, 0.15) is 18.1 Å². The molecule has 3 nitrogen and oxygen atoms in total. The molecule has 2 rings (SSSR count). The summed E-state index contributed by atoms with van der Waals surface area (Å²) >= 11 is 5.99. The van der Waals surface area contributed by atoms with E-state index >= 15 is 0 Å². The zero-order valence-corrected chi connectivity index (χ0v) is 11.8. The molecule has 1 saturated heterocycles. The van der Waals surface area contributed by atoms with Crippen molar-refractivity contribution in [2.24, 2.45) is 0 Å². The summed E-state index contributed by atoms with van der Waals surface area (Å²) < 4.78 is 0. The fourth-order valence-electron chi connectivity index (χ4n) is 2.56. The molecule has 0 radical (unpaired) electrons. The van der Waals surface area contributed by atoms with Crippen LogP contribution in [0.4, 0.5) is 0 Å². The molecule has 1 aromatic rings. The minimum Gasteiger partial charge on any atom is -0.387 e. The van der Waals surface area contributed by atoms with Crippen LogP contribution in [-0.4, -0.2) is 54.7 Å². The van der Waals surface area contributed by atoms with Gasteiger partial charge in [0.15, 0.2) is 0 Å². The third kappa shape index (κ3) is 3.23. The van der Waals surface area contributed by atoms with Gasteiger partial charge in [0.1, 0.15) is 0 Å². The van der Waals surface area contributed by atoms with Crippen LogP contribution in [0.3, 0.4) is 0 Å². The Labute approximate surface area is 114 Å². The third-order valence-corrected chi connectivity index (χ3v) is 3.91. The van der Waals surface area contributed by atoms with Crippen molar-refractivity contribution in [2.75, 3.05) is 33.7 Å². The summed E-state index contributed by atoms with van der Waals surface area (Å²) in [6, 6.07) is 7.64. The fraction of sp³-hybridized carbons (Fsp3) is 0.571. The lowest BCUT2D eigenvalue weighted by molar-refractivity contribution is 0.0572. The average molecular weight is 269 g/mol. The maximum Gasteiger partial charge on any atom is 0.0958 e. The first kappa shape index (κ1) is 13.8. The van der Waals surface area contributed by atoms with Crippen LogP contribution in [-0.2, 0) is 0 Å². The molecule has 1 fully saturated rings. The Morgan fingerprint density at radius 2 is 2.11 bits per heavy atom. The Bertz CT molecular complexity index is 399. The van der Waals surface area contributed by atoms with Gasteiger partial charge < -0.3 is 10.0 Å². The number of benzene rings is 1. The molecule has 1 N–H and O–H groups in total. The summed E-state index contributed by atoms with van der Waals surface area (Å²) in [5.74, 6) is 0. The first-order chi connectivity index (χ1) is 8.58. The summed E-state index contributed by atoms with van der Waals surface area (Å²) in [5, 5.41) is 11.2. The summed E-state index contributed by atoms with van der Waals surface area (Å²) in [4.78, 5) is 4.52. The number of aliphatic hydroxyl groups excluding tert-OH is 1. The van der Waals surface area contributed by atoms with E-state index in [1.165, 1.54) is 0 Å². The maximum absolute atomic E-state index is 10.6. The van der Waals surface area contributed by atoms with Crippen molar-refractivity contribution in [3.05, 3.63) is 34.9 Å². The summed E-state index contributed by atoms with van der Waals surface area (Å²) in [7, 11) is 4.19. The molecule has 2 atom stereocenters. The molecule has 0 spiro atoms. The molecule has 100 valence electrons. The van der Waals surface area contributed by atoms with Crippen LogP contribution in [0, 0.1) is 0 Å². The van der Waals surface area contributed by atoms with Gasteiger partial charge in [-0.15, -0.1) is 0 Å². The molecule has 1 aromatic carbocycles. The van der Waals surface area contributed by atoms with E-state index < -0.39 is 6.10 Å². The van der Waals surface area contributed by atoms with E-state index in [-0.39, 0.29) is 6.04 Å². The molecule has 0 bridgehead atoms. The van der Waals surface area contributed by atoms with Gasteiger partial charge in [-0.2, -0.15) is 0 Å². The molecule has 2 unspecified atom stereocenters. The minimum atomic E-state index is -0.491. The number of likely N-dealkylation sites (N-methyl/N-ethyl adjacent to an activating group) is 2. The highest BCUT2D eigenvalue weighted by Gasteiger charge is 2.28. The van der Waals surface area contributed by atoms with Crippen molar-refractivity contribution < 1.29 is 5.11 Å². The average Bonchev–Trinajstić information content (AvgIpc) is 2.50. The quantitative estimate of drug-likeness (QED) is 0.889. The monoisotopic (exact) mass is 268 g/mol. The Kier molecular flexibility index (Phi) is 4.62. The molecule has 0 aliphatic carbocycles. The van der Waals surface area contributed by atoms with E-state index in [0.717, 1.165) is 31.6 Å².